The Hall–Kier alpha value is -4.12. The van der Waals surface area contributed by atoms with Gasteiger partial charge in [-0.15, -0.1) is 21.5 Å². The van der Waals surface area contributed by atoms with Crippen LogP contribution >= 0.6 is 34.4 Å². The van der Waals surface area contributed by atoms with Gasteiger partial charge in [-0.2, -0.15) is 0 Å². The van der Waals surface area contributed by atoms with Gasteiger partial charge in [0.05, 0.1) is 27.2 Å². The number of aliphatic hydroxyl groups excluding tert-OH is 1. The number of amides is 1. The molecule has 5 aromatic rings. The highest BCUT2D eigenvalue weighted by molar-refractivity contribution is 8.00. The number of Topliss-reactive ketones (excluding diaryl/α,β-unsaturated/α-hetero) is 1. The van der Waals surface area contributed by atoms with Crippen molar-refractivity contribution in [2.45, 2.75) is 30.0 Å². The number of ketones is 1. The first-order valence-electron chi connectivity index (χ1n) is 12.8. The second-order valence-corrected chi connectivity index (χ2v) is 12.8. The van der Waals surface area contributed by atoms with E-state index in [9.17, 15) is 14.7 Å². The number of fused-ring (bicyclic) bond motifs is 1. The number of thioether (sulfide) groups is 1. The van der Waals surface area contributed by atoms with Crippen LogP contribution in [0, 0.1) is 13.8 Å². The van der Waals surface area contributed by atoms with Crippen LogP contribution in [0.15, 0.2) is 94.5 Å². The highest BCUT2D eigenvalue weighted by Gasteiger charge is 2.44. The third-order valence-corrected chi connectivity index (χ3v) is 9.88. The van der Waals surface area contributed by atoms with Gasteiger partial charge in [0.2, 0.25) is 10.9 Å². The molecule has 1 amide bonds. The molecule has 3 heterocycles. The van der Waals surface area contributed by atoms with Crippen LogP contribution in [0.3, 0.4) is 0 Å². The van der Waals surface area contributed by atoms with Crippen molar-refractivity contribution in [2.24, 2.45) is 0 Å². The van der Waals surface area contributed by atoms with Gasteiger partial charge in [-0.25, -0.2) is 4.98 Å². The van der Waals surface area contributed by atoms with E-state index in [-0.39, 0.29) is 5.57 Å². The van der Waals surface area contributed by atoms with Crippen LogP contribution < -0.4 is 4.90 Å². The Morgan fingerprint density at radius 1 is 1.00 bits per heavy atom. The molecule has 1 aliphatic rings. The SMILES string of the molecule is Cc1nc(C)c(C(=O)C2=C(O)C(=O)N(c3nnc(SCc4cccc5ccccc45)s3)C2/C=C/c2ccccc2)s1. The van der Waals surface area contributed by atoms with Crippen molar-refractivity contribution in [3.05, 3.63) is 117 Å². The zero-order valence-electron chi connectivity index (χ0n) is 22.1. The summed E-state index contributed by atoms with van der Waals surface area (Å²) in [4.78, 5) is 33.3. The van der Waals surface area contributed by atoms with Gasteiger partial charge in [0, 0.05) is 5.75 Å². The lowest BCUT2D eigenvalue weighted by molar-refractivity contribution is -0.116. The lowest BCUT2D eigenvalue weighted by Gasteiger charge is -2.20. The molecule has 0 saturated heterocycles. The summed E-state index contributed by atoms with van der Waals surface area (Å²) >= 11 is 4.03. The fourth-order valence-corrected chi connectivity index (χ4v) is 7.56. The van der Waals surface area contributed by atoms with Crippen LogP contribution in [-0.2, 0) is 10.5 Å². The highest BCUT2D eigenvalue weighted by atomic mass is 32.2. The molecule has 41 heavy (non-hydrogen) atoms. The van der Waals surface area contributed by atoms with Gasteiger partial charge in [-0.1, -0.05) is 108 Å². The van der Waals surface area contributed by atoms with E-state index in [0.29, 0.717) is 25.8 Å². The van der Waals surface area contributed by atoms with Gasteiger partial charge in [0.15, 0.2) is 10.1 Å². The maximum Gasteiger partial charge on any atom is 0.296 e. The molecule has 7 nitrogen and oxygen atoms in total. The molecule has 1 aliphatic heterocycles. The molecule has 6 rings (SSSR count). The minimum absolute atomic E-state index is 0.00842. The molecule has 0 saturated carbocycles. The van der Waals surface area contributed by atoms with Crippen LogP contribution in [0.4, 0.5) is 5.13 Å². The first-order valence-corrected chi connectivity index (χ1v) is 15.4. The zero-order valence-corrected chi connectivity index (χ0v) is 24.6. The second-order valence-electron chi connectivity index (χ2n) is 9.41. The van der Waals surface area contributed by atoms with E-state index in [4.69, 9.17) is 0 Å². The predicted molar refractivity (Wildman–Crippen MR) is 166 cm³/mol. The molecule has 0 spiro atoms. The Morgan fingerprint density at radius 2 is 1.76 bits per heavy atom. The maximum atomic E-state index is 13.7. The monoisotopic (exact) mass is 596 g/mol. The van der Waals surface area contributed by atoms with Crippen LogP contribution in [0.1, 0.15) is 31.5 Å². The topological polar surface area (TPSA) is 96.3 Å². The van der Waals surface area contributed by atoms with Gasteiger partial charge in [-0.3, -0.25) is 14.5 Å². The molecule has 1 atom stereocenters. The van der Waals surface area contributed by atoms with Crippen molar-refractivity contribution in [3.8, 4) is 0 Å². The van der Waals surface area contributed by atoms with Crippen LogP contribution in [0.5, 0.6) is 0 Å². The van der Waals surface area contributed by atoms with Gasteiger partial charge in [-0.05, 0) is 35.7 Å². The number of aliphatic hydroxyl groups is 1. The van der Waals surface area contributed by atoms with E-state index in [1.807, 2.05) is 61.5 Å². The molecule has 1 N–H and O–H groups in total. The van der Waals surface area contributed by atoms with E-state index in [0.717, 1.165) is 10.6 Å². The van der Waals surface area contributed by atoms with Crippen LogP contribution in [-0.4, -0.2) is 38.0 Å². The molecule has 0 bridgehead atoms. The smallest absolute Gasteiger partial charge is 0.296 e. The summed E-state index contributed by atoms with van der Waals surface area (Å²) in [6, 6.07) is 23.2. The van der Waals surface area contributed by atoms with Crippen LogP contribution in [0.2, 0.25) is 0 Å². The van der Waals surface area contributed by atoms with Crippen molar-refractivity contribution in [2.75, 3.05) is 4.90 Å². The number of thiazole rings is 1. The Morgan fingerprint density at radius 3 is 2.54 bits per heavy atom. The number of nitrogens with zero attached hydrogens (tertiary/aromatic N) is 4. The van der Waals surface area contributed by atoms with Crippen molar-refractivity contribution in [1.29, 1.82) is 0 Å². The second kappa shape index (κ2) is 11.4. The van der Waals surface area contributed by atoms with E-state index in [1.54, 1.807) is 13.0 Å². The first kappa shape index (κ1) is 27.1. The largest absolute Gasteiger partial charge is 0.503 e. The number of rotatable bonds is 8. The Kier molecular flexibility index (Phi) is 7.53. The van der Waals surface area contributed by atoms with Crippen molar-refractivity contribution < 1.29 is 14.7 Å². The lowest BCUT2D eigenvalue weighted by Crippen LogP contribution is -2.35. The van der Waals surface area contributed by atoms with E-state index < -0.39 is 23.5 Å². The van der Waals surface area contributed by atoms with Crippen molar-refractivity contribution in [3.63, 3.8) is 0 Å². The third-order valence-electron chi connectivity index (χ3n) is 6.71. The molecule has 3 aromatic carbocycles. The minimum Gasteiger partial charge on any atom is -0.503 e. The first-order chi connectivity index (χ1) is 19.9. The summed E-state index contributed by atoms with van der Waals surface area (Å²) < 4.78 is 0.680. The Bertz CT molecular complexity index is 1840. The standard InChI is InChI=1S/C31H24N4O3S3/c1-18-28(40-19(2)32-18)26(36)25-24(16-15-20-9-4-3-5-10-20)35(29(38)27(25)37)30-33-34-31(41-30)39-17-22-13-8-12-21-11-6-7-14-23(21)22/h3-16,24,37H,17H2,1-2H3/b16-15+. The molecule has 204 valence electrons. The fourth-order valence-electron chi connectivity index (χ4n) is 4.80. The number of aromatic nitrogens is 3. The number of carbonyl (C=O) groups excluding carboxylic acids is 2. The molecule has 2 aromatic heterocycles. The predicted octanol–water partition coefficient (Wildman–Crippen LogP) is 7.18. The number of benzene rings is 3. The van der Waals surface area contributed by atoms with E-state index >= 15 is 0 Å². The van der Waals surface area contributed by atoms with Gasteiger partial charge >= 0.3 is 0 Å². The quantitative estimate of drug-likeness (QED) is 0.115. The lowest BCUT2D eigenvalue weighted by atomic mass is 10.0. The summed E-state index contributed by atoms with van der Waals surface area (Å²) in [5.41, 5.74) is 2.64. The van der Waals surface area contributed by atoms with Crippen molar-refractivity contribution in [1.82, 2.24) is 15.2 Å². The molecule has 0 radical (unpaired) electrons. The third kappa shape index (κ3) is 5.33. The molecule has 0 fully saturated rings. The average Bonchev–Trinajstić information content (AvgIpc) is 3.66. The average molecular weight is 597 g/mol. The van der Waals surface area contributed by atoms with Gasteiger partial charge in [0.25, 0.3) is 5.91 Å². The van der Waals surface area contributed by atoms with Gasteiger partial charge in [0.1, 0.15) is 0 Å². The number of carbonyl (C=O) groups is 2. The normalized spacial score (nSPS) is 15.5. The highest BCUT2D eigenvalue weighted by Crippen LogP contribution is 2.39. The Labute approximate surface area is 248 Å². The molecular weight excluding hydrogens is 573 g/mol. The summed E-state index contributed by atoms with van der Waals surface area (Å²) in [7, 11) is 0. The van der Waals surface area contributed by atoms with Gasteiger partial charge < -0.3 is 5.11 Å². The van der Waals surface area contributed by atoms with Crippen molar-refractivity contribution >= 4 is 68.1 Å². The van der Waals surface area contributed by atoms with E-state index in [1.165, 1.54) is 55.7 Å². The molecule has 0 aliphatic carbocycles. The number of hydrogen-bond acceptors (Lipinski definition) is 9. The minimum atomic E-state index is -0.860. The maximum absolute atomic E-state index is 13.7. The molecule has 10 heteroatoms. The Balaban J connectivity index is 1.32. The fraction of sp³-hybridized carbons (Fsp3) is 0.129. The number of aryl methyl sites for hydroxylation is 2. The number of hydrogen-bond donors (Lipinski definition) is 1. The summed E-state index contributed by atoms with van der Waals surface area (Å²) in [5.74, 6) is -1.00. The number of anilines is 1. The summed E-state index contributed by atoms with van der Waals surface area (Å²) in [5, 5.41) is 23.1. The van der Waals surface area contributed by atoms with Crippen LogP contribution in [0.25, 0.3) is 16.8 Å². The van der Waals surface area contributed by atoms with E-state index in [2.05, 4.69) is 39.4 Å². The molecule has 1 unspecified atom stereocenters. The zero-order chi connectivity index (χ0) is 28.5. The summed E-state index contributed by atoms with van der Waals surface area (Å²) in [6.45, 7) is 3.57. The summed E-state index contributed by atoms with van der Waals surface area (Å²) in [6.07, 6.45) is 3.58. The molecular formula is C31H24N4O3S3.